The summed E-state index contributed by atoms with van der Waals surface area (Å²) < 4.78 is 18.0. The number of hydrogen-bond donors (Lipinski definition) is 2. The molecule has 0 fully saturated rings. The lowest BCUT2D eigenvalue weighted by Gasteiger charge is -2.05. The molecule has 13 heavy (non-hydrogen) atoms. The molecule has 70 valence electrons. The summed E-state index contributed by atoms with van der Waals surface area (Å²) in [4.78, 5) is 0. The predicted octanol–water partition coefficient (Wildman–Crippen LogP) is 1.53. The van der Waals surface area contributed by atoms with E-state index in [1.54, 1.807) is 12.1 Å². The van der Waals surface area contributed by atoms with Gasteiger partial charge in [0.2, 0.25) is 0 Å². The molecule has 0 heterocycles. The van der Waals surface area contributed by atoms with E-state index in [0.717, 1.165) is 0 Å². The molecule has 0 radical (unpaired) electrons. The molecular weight excluding hydrogens is 171 g/mol. The molecule has 0 aromatic heterocycles. The van der Waals surface area contributed by atoms with E-state index in [1.807, 2.05) is 0 Å². The minimum Gasteiger partial charge on any atom is -0.490 e. The highest BCUT2D eigenvalue weighted by atomic mass is 19.1. The molecule has 0 aliphatic rings. The average Bonchev–Trinajstić information content (AvgIpc) is 2.08. The van der Waals surface area contributed by atoms with E-state index >= 15 is 0 Å². The summed E-state index contributed by atoms with van der Waals surface area (Å²) in [5, 5.41) is 6.92. The Morgan fingerprint density at radius 2 is 2.15 bits per heavy atom. The molecule has 0 amide bonds. The molecule has 0 spiro atoms. The van der Waals surface area contributed by atoms with Crippen LogP contribution in [0.3, 0.4) is 0 Å². The van der Waals surface area contributed by atoms with Crippen LogP contribution in [0, 0.1) is 11.2 Å². The molecule has 0 saturated heterocycles. The van der Waals surface area contributed by atoms with Gasteiger partial charge in [-0.05, 0) is 12.1 Å². The summed E-state index contributed by atoms with van der Waals surface area (Å²) in [6.07, 6.45) is 0.314. The minimum atomic E-state index is -0.397. The molecule has 0 atom stereocenters. The van der Waals surface area contributed by atoms with Crippen molar-refractivity contribution in [3.05, 3.63) is 30.1 Å². The molecular formula is C9H11FN2O. The lowest BCUT2D eigenvalue weighted by molar-refractivity contribution is 0.311. The summed E-state index contributed by atoms with van der Waals surface area (Å²) >= 11 is 0. The number of rotatable bonds is 4. The van der Waals surface area contributed by atoms with Gasteiger partial charge < -0.3 is 10.5 Å². The normalized spacial score (nSPS) is 9.62. The average molecular weight is 182 g/mol. The van der Waals surface area contributed by atoms with Crippen molar-refractivity contribution < 1.29 is 9.13 Å². The molecule has 0 unspecified atom stereocenters. The first-order chi connectivity index (χ1) is 6.20. The monoisotopic (exact) mass is 182 g/mol. The molecule has 1 aromatic rings. The van der Waals surface area contributed by atoms with Gasteiger partial charge in [0.05, 0.1) is 12.4 Å². The lowest BCUT2D eigenvalue weighted by Crippen LogP contribution is -2.14. The van der Waals surface area contributed by atoms with Crippen molar-refractivity contribution in [3.8, 4) is 5.75 Å². The van der Waals surface area contributed by atoms with Crippen LogP contribution in [0.4, 0.5) is 4.39 Å². The Morgan fingerprint density at radius 1 is 1.46 bits per heavy atom. The number of benzene rings is 1. The van der Waals surface area contributed by atoms with E-state index in [1.165, 1.54) is 12.1 Å². The van der Waals surface area contributed by atoms with Crippen LogP contribution in [0.5, 0.6) is 5.75 Å². The number of halogens is 1. The van der Waals surface area contributed by atoms with Crippen LogP contribution >= 0.6 is 0 Å². The van der Waals surface area contributed by atoms with E-state index < -0.39 is 5.82 Å². The number of para-hydroxylation sites is 1. The quantitative estimate of drug-likeness (QED) is 0.548. The highest BCUT2D eigenvalue weighted by molar-refractivity contribution is 5.76. The molecule has 0 saturated carbocycles. The Kier molecular flexibility index (Phi) is 3.25. The molecule has 3 N–H and O–H groups in total. The summed E-state index contributed by atoms with van der Waals surface area (Å²) in [6.45, 7) is 0.232. The first-order valence-electron chi connectivity index (χ1n) is 3.90. The summed E-state index contributed by atoms with van der Waals surface area (Å²) in [6, 6.07) is 6.14. The van der Waals surface area contributed by atoms with Crippen molar-refractivity contribution in [1.82, 2.24) is 0 Å². The second kappa shape index (κ2) is 4.45. The number of nitrogens with one attached hydrogen (secondary N) is 1. The van der Waals surface area contributed by atoms with E-state index in [-0.39, 0.29) is 18.2 Å². The number of amidine groups is 1. The maximum Gasteiger partial charge on any atom is 0.165 e. The SMILES string of the molecule is N=C(N)CCOc1ccccc1F. The molecule has 1 aromatic carbocycles. The van der Waals surface area contributed by atoms with E-state index in [2.05, 4.69) is 0 Å². The van der Waals surface area contributed by atoms with Gasteiger partial charge >= 0.3 is 0 Å². The van der Waals surface area contributed by atoms with Crippen LogP contribution in [0.25, 0.3) is 0 Å². The van der Waals surface area contributed by atoms with Gasteiger partial charge in [-0.25, -0.2) is 4.39 Å². The van der Waals surface area contributed by atoms with Crippen LogP contribution in [-0.4, -0.2) is 12.4 Å². The Morgan fingerprint density at radius 3 is 2.77 bits per heavy atom. The third-order valence-corrected chi connectivity index (χ3v) is 1.47. The van der Waals surface area contributed by atoms with Crippen LogP contribution in [-0.2, 0) is 0 Å². The third kappa shape index (κ3) is 3.11. The Hall–Kier alpha value is -1.58. The Balaban J connectivity index is 2.45. The standard InChI is InChI=1S/C9H11FN2O/c10-7-3-1-2-4-8(7)13-6-5-9(11)12/h1-4H,5-6H2,(H3,11,12). The van der Waals surface area contributed by atoms with Gasteiger partial charge in [0.25, 0.3) is 0 Å². The fourth-order valence-electron chi connectivity index (χ4n) is 0.833. The van der Waals surface area contributed by atoms with Gasteiger partial charge in [0.15, 0.2) is 11.6 Å². The number of nitrogens with two attached hydrogens (primary N) is 1. The van der Waals surface area contributed by atoms with Crippen molar-refractivity contribution in [1.29, 1.82) is 5.41 Å². The molecule has 1 rings (SSSR count). The van der Waals surface area contributed by atoms with Crippen molar-refractivity contribution in [2.45, 2.75) is 6.42 Å². The van der Waals surface area contributed by atoms with Crippen molar-refractivity contribution in [3.63, 3.8) is 0 Å². The fraction of sp³-hybridized carbons (Fsp3) is 0.222. The lowest BCUT2D eigenvalue weighted by atomic mass is 10.3. The maximum atomic E-state index is 12.9. The first kappa shape index (κ1) is 9.51. The van der Waals surface area contributed by atoms with E-state index in [0.29, 0.717) is 6.42 Å². The number of hydrogen-bond acceptors (Lipinski definition) is 2. The predicted molar refractivity (Wildman–Crippen MR) is 48.4 cm³/mol. The highest BCUT2D eigenvalue weighted by Crippen LogP contribution is 2.15. The zero-order chi connectivity index (χ0) is 9.68. The highest BCUT2D eigenvalue weighted by Gasteiger charge is 2.00. The van der Waals surface area contributed by atoms with Gasteiger partial charge in [-0.1, -0.05) is 12.1 Å². The summed E-state index contributed by atoms with van der Waals surface area (Å²) in [7, 11) is 0. The fourth-order valence-corrected chi connectivity index (χ4v) is 0.833. The molecule has 0 aliphatic carbocycles. The van der Waals surface area contributed by atoms with Crippen LogP contribution < -0.4 is 10.5 Å². The summed E-state index contributed by atoms with van der Waals surface area (Å²) in [5.74, 6) is -0.161. The second-order valence-corrected chi connectivity index (χ2v) is 2.55. The smallest absolute Gasteiger partial charge is 0.165 e. The van der Waals surface area contributed by atoms with Crippen molar-refractivity contribution in [2.75, 3.05) is 6.61 Å². The Labute approximate surface area is 75.8 Å². The second-order valence-electron chi connectivity index (χ2n) is 2.55. The number of ether oxygens (including phenoxy) is 1. The van der Waals surface area contributed by atoms with Crippen molar-refractivity contribution >= 4 is 5.84 Å². The summed E-state index contributed by atoms with van der Waals surface area (Å²) in [5.41, 5.74) is 5.10. The van der Waals surface area contributed by atoms with E-state index in [9.17, 15) is 4.39 Å². The zero-order valence-corrected chi connectivity index (χ0v) is 7.09. The topological polar surface area (TPSA) is 59.1 Å². The zero-order valence-electron chi connectivity index (χ0n) is 7.09. The first-order valence-corrected chi connectivity index (χ1v) is 3.90. The maximum absolute atomic E-state index is 12.9. The van der Waals surface area contributed by atoms with Gasteiger partial charge in [0.1, 0.15) is 0 Å². The largest absolute Gasteiger partial charge is 0.490 e. The van der Waals surface area contributed by atoms with Gasteiger partial charge in [0, 0.05) is 6.42 Å². The van der Waals surface area contributed by atoms with Crippen molar-refractivity contribution in [2.24, 2.45) is 5.73 Å². The molecule has 0 aliphatic heterocycles. The Bertz CT molecular complexity index is 301. The third-order valence-electron chi connectivity index (χ3n) is 1.47. The molecule has 0 bridgehead atoms. The van der Waals surface area contributed by atoms with Crippen LogP contribution in [0.1, 0.15) is 6.42 Å². The minimum absolute atomic E-state index is 0.0383. The van der Waals surface area contributed by atoms with Gasteiger partial charge in [-0.15, -0.1) is 0 Å². The van der Waals surface area contributed by atoms with Gasteiger partial charge in [-0.3, -0.25) is 5.41 Å². The molecule has 4 heteroatoms. The van der Waals surface area contributed by atoms with Crippen LogP contribution in [0.15, 0.2) is 24.3 Å². The van der Waals surface area contributed by atoms with E-state index in [4.69, 9.17) is 15.9 Å². The van der Waals surface area contributed by atoms with Gasteiger partial charge in [-0.2, -0.15) is 0 Å². The van der Waals surface area contributed by atoms with Crippen LogP contribution in [0.2, 0.25) is 0 Å². The molecule has 3 nitrogen and oxygen atoms in total.